The van der Waals surface area contributed by atoms with Gasteiger partial charge in [0.1, 0.15) is 17.6 Å². The van der Waals surface area contributed by atoms with Crippen LogP contribution in [0.15, 0.2) is 24.3 Å². The summed E-state index contributed by atoms with van der Waals surface area (Å²) < 4.78 is 11.7. The molecule has 3 heterocycles. The number of halogens is 1. The molecule has 3 aliphatic heterocycles. The highest BCUT2D eigenvalue weighted by molar-refractivity contribution is 6.30. The molecule has 0 aromatic heterocycles. The second-order valence-electron chi connectivity index (χ2n) is 8.75. The molecule has 0 saturated carbocycles. The van der Waals surface area contributed by atoms with E-state index in [1.54, 1.807) is 38.1 Å². The Labute approximate surface area is 185 Å². The number of fused-ring (bicyclic) bond motifs is 1. The first-order valence-electron chi connectivity index (χ1n) is 10.5. The lowest BCUT2D eigenvalue weighted by molar-refractivity contribution is -0.159. The Morgan fingerprint density at radius 2 is 2.03 bits per heavy atom. The molecule has 1 aromatic rings. The molecule has 2 N–H and O–H groups in total. The number of hydrogen-bond acceptors (Lipinski definition) is 6. The van der Waals surface area contributed by atoms with Crippen molar-refractivity contribution in [2.45, 2.75) is 56.9 Å². The summed E-state index contributed by atoms with van der Waals surface area (Å²) in [4.78, 5) is 41.3. The van der Waals surface area contributed by atoms with Crippen LogP contribution in [0.1, 0.15) is 33.6 Å². The van der Waals surface area contributed by atoms with Gasteiger partial charge in [-0.1, -0.05) is 11.6 Å². The van der Waals surface area contributed by atoms with Crippen LogP contribution < -0.4 is 5.32 Å². The highest BCUT2D eigenvalue weighted by Gasteiger charge is 2.78. The highest BCUT2D eigenvalue weighted by atomic mass is 35.5. The standard InChI is InChI=1S/C22H27ClN2O6/c1-4-30-20(29)16-15-19(28)25(12(2)11-26)17(22(15)10-9-21(16,3)31-22)18(27)24-14-7-5-13(23)6-8-14/h5-8,12,15-17,26H,4,9-11H2,1-3H3,(H,24,27)/t12-,15+,16-,17?,21+,22?/m1/s1. The van der Waals surface area contributed by atoms with Crippen molar-refractivity contribution in [2.24, 2.45) is 11.8 Å². The van der Waals surface area contributed by atoms with E-state index in [0.717, 1.165) is 0 Å². The van der Waals surface area contributed by atoms with E-state index in [-0.39, 0.29) is 19.1 Å². The van der Waals surface area contributed by atoms with Gasteiger partial charge in [0.25, 0.3) is 0 Å². The zero-order valence-corrected chi connectivity index (χ0v) is 18.5. The summed E-state index contributed by atoms with van der Waals surface area (Å²) in [6.45, 7) is 5.06. The Bertz CT molecular complexity index is 908. The average Bonchev–Trinajstić information content (AvgIpc) is 3.30. The lowest BCUT2D eigenvalue weighted by Gasteiger charge is -2.35. The summed E-state index contributed by atoms with van der Waals surface area (Å²) in [5, 5.41) is 13.2. The molecule has 3 aliphatic rings. The van der Waals surface area contributed by atoms with Gasteiger partial charge in [0.15, 0.2) is 0 Å². The minimum atomic E-state index is -1.15. The summed E-state index contributed by atoms with van der Waals surface area (Å²) in [5.41, 5.74) is -1.50. The molecule has 2 bridgehead atoms. The minimum Gasteiger partial charge on any atom is -0.466 e. The van der Waals surface area contributed by atoms with Crippen molar-refractivity contribution in [3.63, 3.8) is 0 Å². The number of rotatable bonds is 6. The van der Waals surface area contributed by atoms with Gasteiger partial charge < -0.3 is 24.8 Å². The maximum atomic E-state index is 13.6. The number of amides is 2. The molecule has 3 fully saturated rings. The van der Waals surface area contributed by atoms with Crippen LogP contribution in [0.5, 0.6) is 0 Å². The number of esters is 1. The Morgan fingerprint density at radius 1 is 1.35 bits per heavy atom. The largest absolute Gasteiger partial charge is 0.466 e. The normalized spacial score (nSPS) is 34.5. The smallest absolute Gasteiger partial charge is 0.312 e. The third-order valence-electron chi connectivity index (χ3n) is 6.85. The first kappa shape index (κ1) is 22.0. The van der Waals surface area contributed by atoms with E-state index in [2.05, 4.69) is 5.32 Å². The molecule has 4 rings (SSSR count). The summed E-state index contributed by atoms with van der Waals surface area (Å²) in [6, 6.07) is 5.04. The van der Waals surface area contributed by atoms with Gasteiger partial charge in [0.2, 0.25) is 11.8 Å². The molecule has 9 heteroatoms. The van der Waals surface area contributed by atoms with Gasteiger partial charge in [0.05, 0.1) is 30.8 Å². The van der Waals surface area contributed by atoms with Gasteiger partial charge in [-0.3, -0.25) is 14.4 Å². The number of carbonyl (C=O) groups excluding carboxylic acids is 3. The first-order chi connectivity index (χ1) is 14.7. The molecule has 6 atom stereocenters. The predicted octanol–water partition coefficient (Wildman–Crippen LogP) is 1.99. The van der Waals surface area contributed by atoms with E-state index < -0.39 is 47.0 Å². The van der Waals surface area contributed by atoms with E-state index in [1.807, 2.05) is 6.92 Å². The number of likely N-dealkylation sites (tertiary alicyclic amines) is 1. The van der Waals surface area contributed by atoms with E-state index in [0.29, 0.717) is 23.6 Å². The second-order valence-corrected chi connectivity index (χ2v) is 9.19. The van der Waals surface area contributed by atoms with Gasteiger partial charge in [-0.05, 0) is 57.9 Å². The SMILES string of the molecule is CCOC(=O)[C@H]1[C@H]2C(=O)N([C@H](C)CO)C(C(=O)Nc3ccc(Cl)cc3)C23CC[C@]1(C)O3. The maximum absolute atomic E-state index is 13.6. The van der Waals surface area contributed by atoms with Crippen LogP contribution in [0.4, 0.5) is 5.69 Å². The Hall–Kier alpha value is -2.16. The molecule has 2 unspecified atom stereocenters. The minimum absolute atomic E-state index is 0.191. The number of ether oxygens (including phenoxy) is 2. The molecule has 8 nitrogen and oxygen atoms in total. The average molecular weight is 451 g/mol. The molecule has 168 valence electrons. The van der Waals surface area contributed by atoms with Crippen LogP contribution in [0.25, 0.3) is 0 Å². The van der Waals surface area contributed by atoms with Crippen molar-refractivity contribution in [3.8, 4) is 0 Å². The van der Waals surface area contributed by atoms with Gasteiger partial charge in [0, 0.05) is 10.7 Å². The van der Waals surface area contributed by atoms with Crippen molar-refractivity contribution >= 4 is 35.1 Å². The maximum Gasteiger partial charge on any atom is 0.312 e. The quantitative estimate of drug-likeness (QED) is 0.642. The van der Waals surface area contributed by atoms with Crippen molar-refractivity contribution in [3.05, 3.63) is 29.3 Å². The molecule has 1 spiro atoms. The van der Waals surface area contributed by atoms with Crippen LogP contribution in [0.2, 0.25) is 5.02 Å². The third kappa shape index (κ3) is 3.23. The van der Waals surface area contributed by atoms with Gasteiger partial charge in [-0.15, -0.1) is 0 Å². The van der Waals surface area contributed by atoms with Gasteiger partial charge >= 0.3 is 5.97 Å². The molecule has 2 amide bonds. The van der Waals surface area contributed by atoms with E-state index >= 15 is 0 Å². The molecule has 1 aromatic carbocycles. The summed E-state index contributed by atoms with van der Waals surface area (Å²) >= 11 is 5.93. The van der Waals surface area contributed by atoms with Crippen molar-refractivity contribution < 1.29 is 29.0 Å². The number of aliphatic hydroxyl groups excluding tert-OH is 1. The second kappa shape index (κ2) is 7.76. The number of hydrogen-bond donors (Lipinski definition) is 2. The number of nitrogens with one attached hydrogen (secondary N) is 1. The zero-order chi connectivity index (χ0) is 22.6. The highest BCUT2D eigenvalue weighted by Crippen LogP contribution is 2.63. The predicted molar refractivity (Wildman–Crippen MR) is 112 cm³/mol. The van der Waals surface area contributed by atoms with E-state index in [4.69, 9.17) is 21.1 Å². The summed E-state index contributed by atoms with van der Waals surface area (Å²) in [5.74, 6) is -2.90. The monoisotopic (exact) mass is 450 g/mol. The van der Waals surface area contributed by atoms with E-state index in [9.17, 15) is 19.5 Å². The molecule has 0 aliphatic carbocycles. The summed E-state index contributed by atoms with van der Waals surface area (Å²) in [7, 11) is 0. The van der Waals surface area contributed by atoms with Gasteiger partial charge in [-0.2, -0.15) is 0 Å². The molecule has 31 heavy (non-hydrogen) atoms. The summed E-state index contributed by atoms with van der Waals surface area (Å²) in [6.07, 6.45) is 0.996. The van der Waals surface area contributed by atoms with Crippen LogP contribution in [-0.2, 0) is 23.9 Å². The fourth-order valence-corrected chi connectivity index (χ4v) is 5.68. The Morgan fingerprint density at radius 3 is 2.65 bits per heavy atom. The van der Waals surface area contributed by atoms with Crippen molar-refractivity contribution in [1.82, 2.24) is 4.90 Å². The molecular weight excluding hydrogens is 424 g/mol. The first-order valence-corrected chi connectivity index (χ1v) is 10.9. The lowest BCUT2D eigenvalue weighted by Crippen LogP contribution is -2.55. The third-order valence-corrected chi connectivity index (χ3v) is 7.11. The fraction of sp³-hybridized carbons (Fsp3) is 0.591. The lowest BCUT2D eigenvalue weighted by atomic mass is 9.66. The Kier molecular flexibility index (Phi) is 5.52. The molecule has 0 radical (unpaired) electrons. The number of anilines is 1. The molecular formula is C22H27ClN2O6. The number of benzene rings is 1. The number of aliphatic hydroxyl groups is 1. The van der Waals surface area contributed by atoms with Crippen molar-refractivity contribution in [1.29, 1.82) is 0 Å². The number of carbonyl (C=O) groups is 3. The van der Waals surface area contributed by atoms with E-state index in [1.165, 1.54) is 4.90 Å². The van der Waals surface area contributed by atoms with Crippen LogP contribution in [-0.4, -0.2) is 64.3 Å². The zero-order valence-electron chi connectivity index (χ0n) is 17.8. The Balaban J connectivity index is 1.74. The number of nitrogens with zero attached hydrogens (tertiary/aromatic N) is 1. The van der Waals surface area contributed by atoms with Crippen molar-refractivity contribution in [2.75, 3.05) is 18.5 Å². The van der Waals surface area contributed by atoms with Gasteiger partial charge in [-0.25, -0.2) is 0 Å². The van der Waals surface area contributed by atoms with Crippen LogP contribution in [0.3, 0.4) is 0 Å². The van der Waals surface area contributed by atoms with Crippen LogP contribution in [0, 0.1) is 11.8 Å². The topological polar surface area (TPSA) is 105 Å². The van der Waals surface area contributed by atoms with Crippen LogP contribution >= 0.6 is 11.6 Å². The molecule has 3 saturated heterocycles. The fourth-order valence-electron chi connectivity index (χ4n) is 5.56.